The number of para-hydroxylation sites is 2. The van der Waals surface area contributed by atoms with Gasteiger partial charge in [0, 0.05) is 10.6 Å². The molecule has 2 aromatic carbocycles. The van der Waals surface area contributed by atoms with Crippen LogP contribution in [-0.4, -0.2) is 11.9 Å². The Balaban J connectivity index is 1.49. The monoisotopic (exact) mass is 365 g/mol. The number of carbonyl (C=O) groups is 2. The van der Waals surface area contributed by atoms with Crippen molar-refractivity contribution < 1.29 is 14.3 Å². The third-order valence-electron chi connectivity index (χ3n) is 3.84. The van der Waals surface area contributed by atoms with E-state index in [9.17, 15) is 9.59 Å². The number of benzene rings is 2. The van der Waals surface area contributed by atoms with Crippen LogP contribution >= 0.6 is 11.3 Å². The molecule has 0 fully saturated rings. The van der Waals surface area contributed by atoms with E-state index in [1.807, 2.05) is 29.6 Å². The molecule has 26 heavy (non-hydrogen) atoms. The lowest BCUT2D eigenvalue weighted by molar-refractivity contribution is 0.102. The maximum atomic E-state index is 12.5. The first-order valence-electron chi connectivity index (χ1n) is 7.98. The summed E-state index contributed by atoms with van der Waals surface area (Å²) in [6.45, 7) is 0.452. The second kappa shape index (κ2) is 6.89. The van der Waals surface area contributed by atoms with Gasteiger partial charge in [0.25, 0.3) is 5.91 Å². The molecule has 3 aromatic rings. The van der Waals surface area contributed by atoms with E-state index in [4.69, 9.17) is 4.74 Å². The van der Waals surface area contributed by atoms with Crippen LogP contribution in [0.3, 0.4) is 0 Å². The Bertz CT molecular complexity index is 970. The third kappa shape index (κ3) is 3.38. The molecule has 4 rings (SSSR count). The van der Waals surface area contributed by atoms with Gasteiger partial charge in [-0.2, -0.15) is 0 Å². The number of carbonyl (C=O) groups excluding carboxylic acids is 2. The van der Waals surface area contributed by atoms with Gasteiger partial charge in [-0.25, -0.2) is 4.79 Å². The highest BCUT2D eigenvalue weighted by Crippen LogP contribution is 2.36. The summed E-state index contributed by atoms with van der Waals surface area (Å²) in [4.78, 5) is 25.6. The molecule has 2 heterocycles. The Kier molecular flexibility index (Phi) is 4.28. The van der Waals surface area contributed by atoms with Gasteiger partial charge in [-0.15, -0.1) is 11.3 Å². The number of thiophene rings is 1. The van der Waals surface area contributed by atoms with Crippen LogP contribution in [0.5, 0.6) is 11.5 Å². The lowest BCUT2D eigenvalue weighted by Gasteiger charge is -2.10. The average Bonchev–Trinajstić information content (AvgIpc) is 3.11. The summed E-state index contributed by atoms with van der Waals surface area (Å²) in [5.74, 6) is 0.735. The van der Waals surface area contributed by atoms with Crippen molar-refractivity contribution in [1.82, 2.24) is 5.32 Å². The van der Waals surface area contributed by atoms with E-state index >= 15 is 0 Å². The maximum Gasteiger partial charge on any atom is 0.319 e. The lowest BCUT2D eigenvalue weighted by Crippen LogP contribution is -2.28. The highest BCUT2D eigenvalue weighted by atomic mass is 32.1. The Labute approximate surface area is 153 Å². The zero-order valence-corrected chi connectivity index (χ0v) is 14.4. The molecule has 1 aliphatic heterocycles. The van der Waals surface area contributed by atoms with Gasteiger partial charge in [0.15, 0.2) is 5.75 Å². The van der Waals surface area contributed by atoms with Crippen molar-refractivity contribution in [1.29, 1.82) is 0 Å². The van der Waals surface area contributed by atoms with Crippen LogP contribution < -0.4 is 20.7 Å². The number of hydrogen-bond acceptors (Lipinski definition) is 4. The molecule has 0 saturated carbocycles. The summed E-state index contributed by atoms with van der Waals surface area (Å²) in [7, 11) is 0. The van der Waals surface area contributed by atoms with Crippen LogP contribution in [0.4, 0.5) is 16.2 Å². The minimum absolute atomic E-state index is 0.285. The summed E-state index contributed by atoms with van der Waals surface area (Å²) in [5.41, 5.74) is 1.48. The molecule has 7 heteroatoms. The molecule has 0 saturated heterocycles. The number of rotatable bonds is 3. The second-order valence-electron chi connectivity index (χ2n) is 5.65. The molecule has 6 nitrogen and oxygen atoms in total. The Hall–Kier alpha value is -3.32. The fourth-order valence-corrected chi connectivity index (χ4v) is 3.24. The van der Waals surface area contributed by atoms with E-state index in [-0.39, 0.29) is 11.9 Å². The van der Waals surface area contributed by atoms with Crippen LogP contribution in [0.15, 0.2) is 60.0 Å². The van der Waals surface area contributed by atoms with Crippen molar-refractivity contribution in [2.45, 2.75) is 6.54 Å². The van der Waals surface area contributed by atoms with Crippen LogP contribution in [0.1, 0.15) is 15.2 Å². The minimum Gasteiger partial charge on any atom is -0.454 e. The summed E-state index contributed by atoms with van der Waals surface area (Å²) >= 11 is 1.57. The molecule has 0 spiro atoms. The standard InChI is InChI=1S/C19H15N3O3S/c23-18-14-10-12(21-19(24)20-11-13-4-3-9-26-13)7-8-16(14)25-17-6-2-1-5-15(17)22-18/h1-10H,11H2,(H,22,23)(H2,20,21,24). The van der Waals surface area contributed by atoms with Crippen molar-refractivity contribution in [3.05, 3.63) is 70.4 Å². The van der Waals surface area contributed by atoms with Gasteiger partial charge in [-0.1, -0.05) is 18.2 Å². The first-order chi connectivity index (χ1) is 12.7. The molecule has 0 atom stereocenters. The van der Waals surface area contributed by atoms with E-state index < -0.39 is 0 Å². The van der Waals surface area contributed by atoms with Gasteiger partial charge in [-0.05, 0) is 41.8 Å². The van der Waals surface area contributed by atoms with Gasteiger partial charge in [-0.3, -0.25) is 4.79 Å². The summed E-state index contributed by atoms with van der Waals surface area (Å²) in [6, 6.07) is 15.7. The van der Waals surface area contributed by atoms with Crippen molar-refractivity contribution in [2.24, 2.45) is 0 Å². The zero-order chi connectivity index (χ0) is 17.9. The van der Waals surface area contributed by atoms with E-state index in [0.717, 1.165) is 4.88 Å². The average molecular weight is 365 g/mol. The molecule has 0 aliphatic carbocycles. The van der Waals surface area contributed by atoms with Crippen LogP contribution in [0, 0.1) is 0 Å². The van der Waals surface area contributed by atoms with Crippen molar-refractivity contribution in [2.75, 3.05) is 10.6 Å². The number of amides is 3. The molecule has 0 unspecified atom stereocenters. The molecule has 3 amide bonds. The third-order valence-corrected chi connectivity index (χ3v) is 4.72. The Morgan fingerprint density at radius 3 is 2.81 bits per heavy atom. The van der Waals surface area contributed by atoms with E-state index in [1.54, 1.807) is 41.7 Å². The normalized spacial score (nSPS) is 12.1. The second-order valence-corrected chi connectivity index (χ2v) is 6.68. The lowest BCUT2D eigenvalue weighted by atomic mass is 10.1. The Morgan fingerprint density at radius 2 is 1.96 bits per heavy atom. The molecule has 1 aromatic heterocycles. The summed E-state index contributed by atoms with van der Waals surface area (Å²) in [5, 5.41) is 10.3. The molecular formula is C19H15N3O3S. The molecule has 0 bridgehead atoms. The molecule has 130 valence electrons. The number of urea groups is 1. The quantitative estimate of drug-likeness (QED) is 0.642. The predicted molar refractivity (Wildman–Crippen MR) is 101 cm³/mol. The Morgan fingerprint density at radius 1 is 1.08 bits per heavy atom. The summed E-state index contributed by atoms with van der Waals surface area (Å²) in [6.07, 6.45) is 0. The zero-order valence-electron chi connectivity index (χ0n) is 13.6. The first-order valence-corrected chi connectivity index (χ1v) is 8.86. The number of nitrogens with one attached hydrogen (secondary N) is 3. The maximum absolute atomic E-state index is 12.5. The molecular weight excluding hydrogens is 350 g/mol. The van der Waals surface area contributed by atoms with Crippen molar-refractivity contribution in [3.8, 4) is 11.5 Å². The van der Waals surface area contributed by atoms with Crippen molar-refractivity contribution in [3.63, 3.8) is 0 Å². The first kappa shape index (κ1) is 16.2. The van der Waals surface area contributed by atoms with Gasteiger partial charge < -0.3 is 20.7 Å². The SMILES string of the molecule is O=C(NCc1cccs1)Nc1ccc2c(c1)C(=O)Nc1ccccc1O2. The number of hydrogen-bond donors (Lipinski definition) is 3. The highest BCUT2D eigenvalue weighted by Gasteiger charge is 2.21. The number of anilines is 2. The van der Waals surface area contributed by atoms with E-state index in [1.165, 1.54) is 0 Å². The van der Waals surface area contributed by atoms with E-state index in [2.05, 4.69) is 16.0 Å². The molecule has 0 radical (unpaired) electrons. The number of ether oxygens (including phenoxy) is 1. The highest BCUT2D eigenvalue weighted by molar-refractivity contribution is 7.09. The molecule has 1 aliphatic rings. The van der Waals surface area contributed by atoms with Gasteiger partial charge in [0.1, 0.15) is 5.75 Å². The van der Waals surface area contributed by atoms with Gasteiger partial charge in [0.05, 0.1) is 17.8 Å². The number of fused-ring (bicyclic) bond motifs is 2. The molecule has 3 N–H and O–H groups in total. The van der Waals surface area contributed by atoms with E-state index in [0.29, 0.717) is 35.0 Å². The summed E-state index contributed by atoms with van der Waals surface area (Å²) < 4.78 is 5.82. The fraction of sp³-hybridized carbons (Fsp3) is 0.0526. The fourth-order valence-electron chi connectivity index (χ4n) is 2.60. The smallest absolute Gasteiger partial charge is 0.319 e. The van der Waals surface area contributed by atoms with Crippen LogP contribution in [0.2, 0.25) is 0 Å². The van der Waals surface area contributed by atoms with Crippen LogP contribution in [-0.2, 0) is 6.54 Å². The van der Waals surface area contributed by atoms with Crippen LogP contribution in [0.25, 0.3) is 0 Å². The predicted octanol–water partition coefficient (Wildman–Crippen LogP) is 4.43. The van der Waals surface area contributed by atoms with Gasteiger partial charge >= 0.3 is 6.03 Å². The minimum atomic E-state index is -0.336. The topological polar surface area (TPSA) is 79.5 Å². The van der Waals surface area contributed by atoms with Gasteiger partial charge in [0.2, 0.25) is 0 Å². The largest absolute Gasteiger partial charge is 0.454 e. The van der Waals surface area contributed by atoms with Crippen molar-refractivity contribution >= 4 is 34.6 Å².